The molecule has 0 aromatic heterocycles. The number of aromatic hydroxyl groups is 1. The number of phenols is 1. The highest BCUT2D eigenvalue weighted by Gasteiger charge is 2.37. The van der Waals surface area contributed by atoms with Gasteiger partial charge in [0.1, 0.15) is 5.75 Å². The number of aliphatic carboxylic acids is 1. The summed E-state index contributed by atoms with van der Waals surface area (Å²) in [4.78, 5) is 10.8. The zero-order valence-corrected chi connectivity index (χ0v) is 18.8. The van der Waals surface area contributed by atoms with Crippen molar-refractivity contribution in [2.75, 3.05) is 0 Å². The Morgan fingerprint density at radius 3 is 2.17 bits per heavy atom. The predicted octanol–water partition coefficient (Wildman–Crippen LogP) is 6.76. The van der Waals surface area contributed by atoms with E-state index in [1.54, 1.807) is 19.1 Å². The molecule has 0 heterocycles. The zero-order chi connectivity index (χ0) is 22.3. The Labute approximate surface area is 179 Å². The van der Waals surface area contributed by atoms with Crippen LogP contribution in [-0.2, 0) is 15.6 Å². The van der Waals surface area contributed by atoms with Crippen LogP contribution in [0.2, 0.25) is 0 Å². The highest BCUT2D eigenvalue weighted by molar-refractivity contribution is 5.82. The van der Waals surface area contributed by atoms with Gasteiger partial charge in [-0.1, -0.05) is 52.0 Å². The molecule has 0 saturated carbocycles. The van der Waals surface area contributed by atoms with Gasteiger partial charge < -0.3 is 10.2 Å². The Morgan fingerprint density at radius 1 is 0.967 bits per heavy atom. The lowest BCUT2D eigenvalue weighted by Crippen LogP contribution is -2.34. The van der Waals surface area contributed by atoms with Crippen LogP contribution in [0.3, 0.4) is 0 Å². The molecular formula is C27H32O3. The highest BCUT2D eigenvalue weighted by atomic mass is 16.4. The van der Waals surface area contributed by atoms with Crippen LogP contribution in [0.1, 0.15) is 69.7 Å². The number of carboxylic acids is 1. The molecule has 0 spiro atoms. The second kappa shape index (κ2) is 7.79. The number of hydrogen-bond donors (Lipinski definition) is 2. The van der Waals surface area contributed by atoms with Gasteiger partial charge in [-0.15, -0.1) is 0 Å². The van der Waals surface area contributed by atoms with Crippen molar-refractivity contribution in [3.63, 3.8) is 0 Å². The van der Waals surface area contributed by atoms with Crippen molar-refractivity contribution < 1.29 is 15.0 Å². The van der Waals surface area contributed by atoms with Crippen LogP contribution < -0.4 is 0 Å². The molecule has 3 rings (SSSR count). The molecule has 2 N–H and O–H groups in total. The largest absolute Gasteiger partial charge is 0.507 e. The molecular weight excluding hydrogens is 372 g/mol. The molecule has 0 saturated heterocycles. The maximum Gasteiger partial charge on any atom is 0.328 e. The van der Waals surface area contributed by atoms with Crippen molar-refractivity contribution in [1.29, 1.82) is 0 Å². The van der Waals surface area contributed by atoms with Crippen LogP contribution in [0.15, 0.2) is 48.1 Å². The van der Waals surface area contributed by atoms with Gasteiger partial charge >= 0.3 is 5.97 Å². The number of allylic oxidation sites excluding steroid dienone is 2. The number of benzene rings is 2. The molecule has 1 aliphatic rings. The maximum atomic E-state index is 10.8. The average Bonchev–Trinajstić information content (AvgIpc) is 2.64. The standard InChI is InChI=1S/C27H32O3/c1-17(13-25(29)30)7-8-19-9-10-24(28)21(15-19)20-16-23-22(14-18(20)2)26(3,4)11-12-27(23,5)6/h7-10,13-16,28H,11-12H2,1-6H3,(H,29,30)/b8-7+,17-13+. The van der Waals surface area contributed by atoms with Gasteiger partial charge in [0.05, 0.1) is 0 Å². The fourth-order valence-electron chi connectivity index (χ4n) is 4.36. The monoisotopic (exact) mass is 404 g/mol. The van der Waals surface area contributed by atoms with Crippen molar-refractivity contribution in [3.05, 3.63) is 70.3 Å². The summed E-state index contributed by atoms with van der Waals surface area (Å²) in [6.07, 6.45) is 7.13. The van der Waals surface area contributed by atoms with Gasteiger partial charge in [-0.05, 0) is 89.1 Å². The van der Waals surface area contributed by atoms with E-state index in [1.807, 2.05) is 18.2 Å². The third-order valence-electron chi connectivity index (χ3n) is 6.40. The lowest BCUT2D eigenvalue weighted by molar-refractivity contribution is -0.131. The summed E-state index contributed by atoms with van der Waals surface area (Å²) in [6.45, 7) is 13.1. The van der Waals surface area contributed by atoms with Crippen molar-refractivity contribution in [2.45, 2.75) is 65.2 Å². The van der Waals surface area contributed by atoms with Gasteiger partial charge in [0, 0.05) is 11.6 Å². The van der Waals surface area contributed by atoms with Gasteiger partial charge in [-0.3, -0.25) is 0 Å². The Balaban J connectivity index is 2.11. The van der Waals surface area contributed by atoms with E-state index in [1.165, 1.54) is 23.6 Å². The minimum absolute atomic E-state index is 0.0964. The summed E-state index contributed by atoms with van der Waals surface area (Å²) >= 11 is 0. The molecule has 3 nitrogen and oxygen atoms in total. The van der Waals surface area contributed by atoms with Crippen LogP contribution in [0.5, 0.6) is 5.75 Å². The molecule has 30 heavy (non-hydrogen) atoms. The molecule has 0 fully saturated rings. The highest BCUT2D eigenvalue weighted by Crippen LogP contribution is 2.48. The van der Waals surface area contributed by atoms with Crippen LogP contribution in [-0.4, -0.2) is 16.2 Å². The maximum absolute atomic E-state index is 10.8. The quantitative estimate of drug-likeness (QED) is 0.437. The van der Waals surface area contributed by atoms with Gasteiger partial charge in [-0.2, -0.15) is 0 Å². The second-order valence-electron chi connectivity index (χ2n) is 9.82. The van der Waals surface area contributed by atoms with Crippen molar-refractivity contribution >= 4 is 12.0 Å². The minimum Gasteiger partial charge on any atom is -0.507 e. The topological polar surface area (TPSA) is 57.5 Å². The van der Waals surface area contributed by atoms with Gasteiger partial charge in [0.25, 0.3) is 0 Å². The summed E-state index contributed by atoms with van der Waals surface area (Å²) in [5.41, 5.74) is 7.58. The number of fused-ring (bicyclic) bond motifs is 1. The fraction of sp³-hybridized carbons (Fsp3) is 0.370. The fourth-order valence-corrected chi connectivity index (χ4v) is 4.36. The van der Waals surface area contributed by atoms with E-state index in [2.05, 4.69) is 46.8 Å². The Hall–Kier alpha value is -2.81. The van der Waals surface area contributed by atoms with E-state index in [0.29, 0.717) is 5.57 Å². The molecule has 2 aromatic carbocycles. The third kappa shape index (κ3) is 4.35. The number of carbonyl (C=O) groups is 1. The number of aryl methyl sites for hydroxylation is 1. The molecule has 158 valence electrons. The van der Waals surface area contributed by atoms with Crippen molar-refractivity contribution in [2.24, 2.45) is 0 Å². The molecule has 3 heteroatoms. The summed E-state index contributed by atoms with van der Waals surface area (Å²) in [7, 11) is 0. The number of hydrogen-bond acceptors (Lipinski definition) is 2. The molecule has 1 aliphatic carbocycles. The van der Waals surface area contributed by atoms with Crippen LogP contribution in [0, 0.1) is 6.92 Å². The van der Waals surface area contributed by atoms with Crippen molar-refractivity contribution in [1.82, 2.24) is 0 Å². The number of phenolic OH excluding ortho intramolecular Hbond substituents is 1. The van der Waals surface area contributed by atoms with Crippen molar-refractivity contribution in [3.8, 4) is 16.9 Å². The minimum atomic E-state index is -0.959. The van der Waals surface area contributed by atoms with E-state index in [4.69, 9.17) is 5.11 Å². The van der Waals surface area contributed by atoms with Gasteiger partial charge in [0.2, 0.25) is 0 Å². The van der Waals surface area contributed by atoms with E-state index < -0.39 is 5.97 Å². The molecule has 0 amide bonds. The lowest BCUT2D eigenvalue weighted by atomic mass is 9.62. The van der Waals surface area contributed by atoms with E-state index in [0.717, 1.165) is 28.7 Å². The van der Waals surface area contributed by atoms with E-state index in [-0.39, 0.29) is 16.6 Å². The summed E-state index contributed by atoms with van der Waals surface area (Å²) in [5.74, 6) is -0.709. The molecule has 2 aromatic rings. The first-order valence-corrected chi connectivity index (χ1v) is 10.5. The first kappa shape index (κ1) is 21.9. The number of rotatable bonds is 4. The molecule has 0 unspecified atom stereocenters. The summed E-state index contributed by atoms with van der Waals surface area (Å²) < 4.78 is 0. The van der Waals surface area contributed by atoms with E-state index >= 15 is 0 Å². The van der Waals surface area contributed by atoms with Gasteiger partial charge in [0.15, 0.2) is 0 Å². The smallest absolute Gasteiger partial charge is 0.328 e. The summed E-state index contributed by atoms with van der Waals surface area (Å²) in [6, 6.07) is 10.1. The zero-order valence-electron chi connectivity index (χ0n) is 18.8. The SMILES string of the molecule is CC(/C=C/c1ccc(O)c(-c2cc3c(cc2C)C(C)(C)CCC3(C)C)c1)=C\C(=O)O. The molecule has 0 atom stereocenters. The molecule has 0 aliphatic heterocycles. The molecule has 0 radical (unpaired) electrons. The Morgan fingerprint density at radius 2 is 1.57 bits per heavy atom. The first-order chi connectivity index (χ1) is 13.9. The van der Waals surface area contributed by atoms with Gasteiger partial charge in [-0.25, -0.2) is 4.79 Å². The normalized spacial score (nSPS) is 17.7. The van der Waals surface area contributed by atoms with Crippen LogP contribution in [0.4, 0.5) is 0 Å². The van der Waals surface area contributed by atoms with E-state index in [9.17, 15) is 9.90 Å². The van der Waals surface area contributed by atoms with Crippen LogP contribution in [0.25, 0.3) is 17.2 Å². The second-order valence-corrected chi connectivity index (χ2v) is 9.82. The summed E-state index contributed by atoms with van der Waals surface area (Å²) in [5, 5.41) is 19.5. The number of carboxylic acid groups (broad SMARTS) is 1. The van der Waals surface area contributed by atoms with Crippen LogP contribution >= 0.6 is 0 Å². The third-order valence-corrected chi connectivity index (χ3v) is 6.40. The lowest BCUT2D eigenvalue weighted by Gasteiger charge is -2.42. The Bertz CT molecular complexity index is 1050. The Kier molecular flexibility index (Phi) is 5.68. The predicted molar refractivity (Wildman–Crippen MR) is 124 cm³/mol. The average molecular weight is 405 g/mol. The first-order valence-electron chi connectivity index (χ1n) is 10.5. The molecule has 0 bridgehead atoms.